The van der Waals surface area contributed by atoms with Gasteiger partial charge in [0.2, 0.25) is 0 Å². The van der Waals surface area contributed by atoms with E-state index in [-0.39, 0.29) is 0 Å². The van der Waals surface area contributed by atoms with Gasteiger partial charge in [0.15, 0.2) is 0 Å². The van der Waals surface area contributed by atoms with E-state index in [0.29, 0.717) is 12.1 Å². The number of terminal acetylenes is 1. The molecule has 16 heavy (non-hydrogen) atoms. The largest absolute Gasteiger partial charge is 0.382 e. The second-order valence-electron chi connectivity index (χ2n) is 4.37. The van der Waals surface area contributed by atoms with Gasteiger partial charge in [0.25, 0.3) is 0 Å². The predicted molar refractivity (Wildman–Crippen MR) is 70.5 cm³/mol. The molecule has 0 fully saturated rings. The van der Waals surface area contributed by atoms with E-state index in [0.717, 1.165) is 25.8 Å². The van der Waals surface area contributed by atoms with Crippen molar-refractivity contribution in [1.29, 1.82) is 0 Å². The maximum absolute atomic E-state index is 5.27. The zero-order valence-corrected chi connectivity index (χ0v) is 11.1. The van der Waals surface area contributed by atoms with E-state index in [9.17, 15) is 0 Å². The highest BCUT2D eigenvalue weighted by atomic mass is 16.5. The highest BCUT2D eigenvalue weighted by Crippen LogP contribution is 2.10. The lowest BCUT2D eigenvalue weighted by Gasteiger charge is -2.19. The quantitative estimate of drug-likeness (QED) is 0.456. The van der Waals surface area contributed by atoms with Gasteiger partial charge in [-0.1, -0.05) is 6.92 Å². The Morgan fingerprint density at radius 3 is 2.62 bits per heavy atom. The fourth-order valence-corrected chi connectivity index (χ4v) is 1.70. The van der Waals surface area contributed by atoms with Crippen LogP contribution in [-0.2, 0) is 4.74 Å². The third-order valence-electron chi connectivity index (χ3n) is 2.88. The Hall–Kier alpha value is -0.520. The molecule has 2 nitrogen and oxygen atoms in total. The van der Waals surface area contributed by atoms with E-state index in [1.54, 1.807) is 7.11 Å². The maximum atomic E-state index is 5.27. The van der Waals surface area contributed by atoms with Crippen LogP contribution in [0, 0.1) is 12.3 Å². The van der Waals surface area contributed by atoms with Crippen LogP contribution < -0.4 is 5.32 Å². The highest BCUT2D eigenvalue weighted by Gasteiger charge is 2.09. The molecule has 0 bridgehead atoms. The molecule has 1 N–H and O–H groups in total. The van der Waals surface area contributed by atoms with Crippen LogP contribution >= 0.6 is 0 Å². The summed E-state index contributed by atoms with van der Waals surface area (Å²) in [6.07, 6.45) is 12.3. The van der Waals surface area contributed by atoms with Crippen molar-refractivity contribution in [2.75, 3.05) is 13.7 Å². The van der Waals surface area contributed by atoms with Crippen LogP contribution in [0.3, 0.4) is 0 Å². The minimum Gasteiger partial charge on any atom is -0.382 e. The van der Waals surface area contributed by atoms with Crippen LogP contribution in [0.15, 0.2) is 0 Å². The van der Waals surface area contributed by atoms with E-state index in [2.05, 4.69) is 25.1 Å². The number of nitrogens with one attached hydrogen (secondary N) is 1. The zero-order valence-electron chi connectivity index (χ0n) is 11.1. The van der Waals surface area contributed by atoms with Crippen molar-refractivity contribution in [2.24, 2.45) is 0 Å². The monoisotopic (exact) mass is 225 g/mol. The van der Waals surface area contributed by atoms with Gasteiger partial charge in [-0.05, 0) is 45.6 Å². The highest BCUT2D eigenvalue weighted by molar-refractivity contribution is 4.84. The Morgan fingerprint density at radius 1 is 1.31 bits per heavy atom. The van der Waals surface area contributed by atoms with Crippen molar-refractivity contribution in [3.05, 3.63) is 0 Å². The van der Waals surface area contributed by atoms with Crippen LogP contribution in [-0.4, -0.2) is 25.8 Å². The Balaban J connectivity index is 3.76. The van der Waals surface area contributed by atoms with Gasteiger partial charge in [0.05, 0.1) is 6.10 Å². The Kier molecular flexibility index (Phi) is 10.6. The number of rotatable bonds is 10. The molecule has 0 spiro atoms. The normalized spacial score (nSPS) is 14.4. The molecule has 94 valence electrons. The number of hydrogen-bond acceptors (Lipinski definition) is 2. The molecule has 2 heteroatoms. The fraction of sp³-hybridized carbons (Fsp3) is 0.857. The SMILES string of the molecule is C#CCCCC(CCC(C)OC)NCCC. The molecule has 0 aromatic rings. The van der Waals surface area contributed by atoms with Gasteiger partial charge in [0.1, 0.15) is 0 Å². The molecule has 2 unspecified atom stereocenters. The first-order valence-corrected chi connectivity index (χ1v) is 6.44. The molecule has 0 aromatic heterocycles. The van der Waals surface area contributed by atoms with Gasteiger partial charge in [-0.2, -0.15) is 0 Å². The summed E-state index contributed by atoms with van der Waals surface area (Å²) in [6.45, 7) is 5.42. The molecule has 0 radical (unpaired) electrons. The standard InChI is InChI=1S/C14H27NO/c1-5-7-8-9-14(15-12-6-2)11-10-13(3)16-4/h1,13-15H,6-12H2,2-4H3. The van der Waals surface area contributed by atoms with Crippen LogP contribution in [0.5, 0.6) is 0 Å². The Labute approximate surface area is 101 Å². The molecule has 0 saturated heterocycles. The molecule has 0 heterocycles. The smallest absolute Gasteiger partial charge is 0.0543 e. The van der Waals surface area contributed by atoms with Crippen molar-refractivity contribution in [3.8, 4) is 12.3 Å². The minimum absolute atomic E-state index is 0.360. The van der Waals surface area contributed by atoms with E-state index >= 15 is 0 Å². The summed E-state index contributed by atoms with van der Waals surface area (Å²) >= 11 is 0. The Bertz CT molecular complexity index is 186. The fourth-order valence-electron chi connectivity index (χ4n) is 1.70. The molecule has 0 aliphatic heterocycles. The molecule has 0 aliphatic carbocycles. The first-order valence-electron chi connectivity index (χ1n) is 6.44. The third-order valence-corrected chi connectivity index (χ3v) is 2.88. The van der Waals surface area contributed by atoms with Crippen molar-refractivity contribution < 1.29 is 4.74 Å². The molecular formula is C14H27NO. The average molecular weight is 225 g/mol. The average Bonchev–Trinajstić information content (AvgIpc) is 2.31. The molecule has 0 aromatic carbocycles. The summed E-state index contributed by atoms with van der Waals surface area (Å²) < 4.78 is 5.27. The van der Waals surface area contributed by atoms with Crippen LogP contribution in [0.2, 0.25) is 0 Å². The van der Waals surface area contributed by atoms with Gasteiger partial charge in [0, 0.05) is 19.6 Å². The first kappa shape index (κ1) is 15.5. The summed E-state index contributed by atoms with van der Waals surface area (Å²) in [5.74, 6) is 2.70. The van der Waals surface area contributed by atoms with E-state index < -0.39 is 0 Å². The Morgan fingerprint density at radius 2 is 2.06 bits per heavy atom. The first-order chi connectivity index (χ1) is 7.74. The second-order valence-corrected chi connectivity index (χ2v) is 4.37. The predicted octanol–water partition coefficient (Wildman–Crippen LogP) is 2.97. The van der Waals surface area contributed by atoms with Gasteiger partial charge >= 0.3 is 0 Å². The van der Waals surface area contributed by atoms with Crippen LogP contribution in [0.4, 0.5) is 0 Å². The van der Waals surface area contributed by atoms with Crippen molar-refractivity contribution in [1.82, 2.24) is 5.32 Å². The zero-order chi connectivity index (χ0) is 12.2. The maximum Gasteiger partial charge on any atom is 0.0543 e. The van der Waals surface area contributed by atoms with E-state index in [1.807, 2.05) is 0 Å². The number of unbranched alkanes of at least 4 members (excludes halogenated alkanes) is 1. The van der Waals surface area contributed by atoms with Crippen LogP contribution in [0.1, 0.15) is 52.4 Å². The van der Waals surface area contributed by atoms with Gasteiger partial charge < -0.3 is 10.1 Å². The summed E-state index contributed by atoms with van der Waals surface area (Å²) in [5.41, 5.74) is 0. The van der Waals surface area contributed by atoms with E-state index in [1.165, 1.54) is 19.3 Å². The number of hydrogen-bond donors (Lipinski definition) is 1. The lowest BCUT2D eigenvalue weighted by Crippen LogP contribution is -2.30. The molecule has 0 rings (SSSR count). The van der Waals surface area contributed by atoms with Gasteiger partial charge in [-0.3, -0.25) is 0 Å². The molecule has 0 amide bonds. The van der Waals surface area contributed by atoms with Gasteiger partial charge in [-0.15, -0.1) is 12.3 Å². The molecule has 2 atom stereocenters. The topological polar surface area (TPSA) is 21.3 Å². The summed E-state index contributed by atoms with van der Waals surface area (Å²) in [4.78, 5) is 0. The van der Waals surface area contributed by atoms with Gasteiger partial charge in [-0.25, -0.2) is 0 Å². The molecule has 0 saturated carbocycles. The third kappa shape index (κ3) is 8.76. The molecule has 0 aliphatic rings. The molecular weight excluding hydrogens is 198 g/mol. The lowest BCUT2D eigenvalue weighted by atomic mass is 10.0. The summed E-state index contributed by atoms with van der Waals surface area (Å²) in [7, 11) is 1.78. The van der Waals surface area contributed by atoms with Crippen molar-refractivity contribution >= 4 is 0 Å². The minimum atomic E-state index is 0.360. The number of ether oxygens (including phenoxy) is 1. The van der Waals surface area contributed by atoms with Crippen molar-refractivity contribution in [2.45, 2.75) is 64.5 Å². The van der Waals surface area contributed by atoms with Crippen molar-refractivity contribution in [3.63, 3.8) is 0 Å². The van der Waals surface area contributed by atoms with Crippen LogP contribution in [0.25, 0.3) is 0 Å². The number of methoxy groups -OCH3 is 1. The van der Waals surface area contributed by atoms with E-state index in [4.69, 9.17) is 11.2 Å². The summed E-state index contributed by atoms with van der Waals surface area (Å²) in [6, 6.07) is 0.603. The summed E-state index contributed by atoms with van der Waals surface area (Å²) in [5, 5.41) is 3.58. The second kappa shape index (κ2) is 11.0. The lowest BCUT2D eigenvalue weighted by molar-refractivity contribution is 0.105.